The van der Waals surface area contributed by atoms with Crippen molar-refractivity contribution in [1.29, 1.82) is 0 Å². The lowest BCUT2D eigenvalue weighted by atomic mass is 9.77. The van der Waals surface area contributed by atoms with E-state index in [1.807, 2.05) is 6.92 Å². The van der Waals surface area contributed by atoms with Gasteiger partial charge in [-0.25, -0.2) is 4.79 Å². The molecule has 0 amide bonds. The fourth-order valence-electron chi connectivity index (χ4n) is 4.56. The number of aliphatic hydroxyl groups excluding tert-OH is 1. The summed E-state index contributed by atoms with van der Waals surface area (Å²) in [6.07, 6.45) is 1.17. The van der Waals surface area contributed by atoms with E-state index in [0.717, 1.165) is 18.4 Å². The van der Waals surface area contributed by atoms with Crippen LogP contribution in [0.2, 0.25) is 18.1 Å². The smallest absolute Gasteiger partial charge is 0.414 e. The van der Waals surface area contributed by atoms with Gasteiger partial charge in [-0.2, -0.15) is 4.52 Å². The number of hydrogen-bond donors (Lipinski definition) is 2. The molecule has 3 rings (SSSR count). The molecule has 1 aliphatic heterocycles. The van der Waals surface area contributed by atoms with Gasteiger partial charge in [-0.1, -0.05) is 32.9 Å². The standard InChI is InChI=1S/C26H43N2O6PS2Si/c1-16(2)18-10-11-26(7,21(29)12-18)37-35(36)34-19-13-22(28-14-17(3)23(30)27-24(28)31)33-20(19)15-32-38(8,9)25(4,5)6/h14,18-22,29H,1,10-13,15H2,2-9H3/p+1/t18-,19+,20-,21+,22-,26+/m1/s1. The van der Waals surface area contributed by atoms with Crippen molar-refractivity contribution in [1.82, 2.24) is 9.55 Å². The van der Waals surface area contributed by atoms with Crippen LogP contribution in [0.3, 0.4) is 0 Å². The highest BCUT2D eigenvalue weighted by molar-refractivity contribution is 8.63. The summed E-state index contributed by atoms with van der Waals surface area (Å²) in [6.45, 7) is 21.1. The minimum Gasteiger partial charge on any atom is -0.414 e. The molecule has 0 radical (unpaired) electrons. The summed E-state index contributed by atoms with van der Waals surface area (Å²) in [7, 11) is -2.06. The van der Waals surface area contributed by atoms with E-state index in [-0.39, 0.29) is 11.1 Å². The van der Waals surface area contributed by atoms with Crippen molar-refractivity contribution in [3.8, 4) is 0 Å². The first-order chi connectivity index (χ1) is 17.4. The SMILES string of the molecule is C=C(C)[C@@H]1CC[C@](C)(S[P+](=S)O[C@H]2C[C@H](n3cc(C)c(=O)[nH]c3=O)O[C@@H]2CO[Si](C)(C)C(C)(C)C)[C@@H](O)C1. The third kappa shape index (κ3) is 7.35. The van der Waals surface area contributed by atoms with Crippen LogP contribution in [-0.4, -0.2) is 52.6 Å². The molecule has 0 spiro atoms. The zero-order chi connectivity index (χ0) is 28.6. The van der Waals surface area contributed by atoms with Crippen molar-refractivity contribution in [3.05, 3.63) is 44.8 Å². The molecule has 2 N–H and O–H groups in total. The van der Waals surface area contributed by atoms with Crippen LogP contribution in [0.4, 0.5) is 0 Å². The molecule has 2 aliphatic rings. The lowest BCUT2D eigenvalue weighted by Crippen LogP contribution is -2.44. The van der Waals surface area contributed by atoms with Gasteiger partial charge >= 0.3 is 11.8 Å². The number of aliphatic hydroxyl groups is 1. The lowest BCUT2D eigenvalue weighted by molar-refractivity contribution is -0.0378. The Morgan fingerprint density at radius 2 is 2.05 bits per heavy atom. The van der Waals surface area contributed by atoms with E-state index in [0.29, 0.717) is 30.9 Å². The predicted molar refractivity (Wildman–Crippen MR) is 161 cm³/mol. The number of allylic oxidation sites excluding steroid dienone is 1. The van der Waals surface area contributed by atoms with Crippen LogP contribution in [0.5, 0.6) is 0 Å². The van der Waals surface area contributed by atoms with Gasteiger partial charge in [-0.05, 0) is 64.1 Å². The summed E-state index contributed by atoms with van der Waals surface area (Å²) in [5.74, 6) is 0.330. The Balaban J connectivity index is 1.77. The van der Waals surface area contributed by atoms with Crippen molar-refractivity contribution in [3.63, 3.8) is 0 Å². The predicted octanol–water partition coefficient (Wildman–Crippen LogP) is 5.54. The Morgan fingerprint density at radius 3 is 2.63 bits per heavy atom. The molecule has 2 fully saturated rings. The average molecular weight is 604 g/mol. The number of nitrogens with one attached hydrogen (secondary N) is 1. The summed E-state index contributed by atoms with van der Waals surface area (Å²) in [5.41, 5.74) is 0.614. The minimum atomic E-state index is -2.06. The number of ether oxygens (including phenoxy) is 1. The highest BCUT2D eigenvalue weighted by atomic mass is 32.9. The number of hydrogen-bond acceptors (Lipinski definition) is 8. The second-order valence-corrected chi connectivity index (χ2v) is 22.3. The Labute approximate surface area is 237 Å². The summed E-state index contributed by atoms with van der Waals surface area (Å²) in [4.78, 5) is 26.8. The second-order valence-electron chi connectivity index (χ2n) is 12.5. The Morgan fingerprint density at radius 1 is 1.39 bits per heavy atom. The molecule has 1 saturated carbocycles. The first kappa shape index (κ1) is 31.9. The van der Waals surface area contributed by atoms with Crippen molar-refractivity contribution in [2.45, 2.75) is 115 Å². The van der Waals surface area contributed by atoms with E-state index >= 15 is 0 Å². The first-order valence-corrected chi connectivity index (χ1v) is 19.8. The molecule has 2 heterocycles. The number of nitrogens with zero attached hydrogens (tertiary/aromatic N) is 1. The van der Waals surface area contributed by atoms with Gasteiger partial charge in [0.25, 0.3) is 5.56 Å². The van der Waals surface area contributed by atoms with Crippen LogP contribution in [0.15, 0.2) is 27.9 Å². The summed E-state index contributed by atoms with van der Waals surface area (Å²) in [6, 6.07) is 0. The van der Waals surface area contributed by atoms with Gasteiger partial charge in [-0.3, -0.25) is 14.3 Å². The minimum absolute atomic E-state index is 0.0299. The molecule has 12 heteroatoms. The largest absolute Gasteiger partial charge is 0.415 e. The molecule has 7 atom stereocenters. The zero-order valence-electron chi connectivity index (χ0n) is 23.9. The Kier molecular flexibility index (Phi) is 10.1. The van der Waals surface area contributed by atoms with Gasteiger partial charge in [-0.15, -0.1) is 0 Å². The highest BCUT2D eigenvalue weighted by Crippen LogP contribution is 2.56. The van der Waals surface area contributed by atoms with Gasteiger partial charge in [0.05, 0.1) is 17.5 Å². The molecule has 1 aromatic heterocycles. The van der Waals surface area contributed by atoms with Crippen LogP contribution in [0.25, 0.3) is 0 Å². The van der Waals surface area contributed by atoms with E-state index in [2.05, 4.69) is 52.4 Å². The van der Waals surface area contributed by atoms with Crippen LogP contribution in [0, 0.1) is 12.8 Å². The maximum atomic E-state index is 12.6. The number of aromatic amines is 1. The molecule has 214 valence electrons. The van der Waals surface area contributed by atoms with Crippen molar-refractivity contribution in [2.24, 2.45) is 5.92 Å². The van der Waals surface area contributed by atoms with Crippen LogP contribution >= 0.6 is 17.5 Å². The van der Waals surface area contributed by atoms with Gasteiger partial charge in [0.15, 0.2) is 8.32 Å². The van der Waals surface area contributed by atoms with E-state index in [1.54, 1.807) is 18.3 Å². The summed E-state index contributed by atoms with van der Waals surface area (Å²) < 4.78 is 20.3. The van der Waals surface area contributed by atoms with Crippen LogP contribution < -0.4 is 11.2 Å². The molecule has 1 saturated heterocycles. The first-order valence-electron chi connectivity index (χ1n) is 13.2. The summed E-state index contributed by atoms with van der Waals surface area (Å²) in [5, 5.41) is 11.0. The molecule has 38 heavy (non-hydrogen) atoms. The monoisotopic (exact) mass is 603 g/mol. The van der Waals surface area contributed by atoms with Gasteiger partial charge in [0.1, 0.15) is 29.8 Å². The topological polar surface area (TPSA) is 103 Å². The number of aryl methyl sites for hydroxylation is 1. The highest BCUT2D eigenvalue weighted by Gasteiger charge is 2.49. The third-order valence-corrected chi connectivity index (χ3v) is 17.3. The maximum Gasteiger partial charge on any atom is 0.415 e. The molecule has 1 unspecified atom stereocenters. The molecule has 1 aliphatic carbocycles. The molecular formula is C26H44N2O6PS2Si+. The molecular weight excluding hydrogens is 559 g/mol. The molecule has 8 nitrogen and oxygen atoms in total. The van der Waals surface area contributed by atoms with Gasteiger partial charge in [0.2, 0.25) is 11.8 Å². The van der Waals surface area contributed by atoms with Crippen molar-refractivity contribution in [2.75, 3.05) is 6.61 Å². The summed E-state index contributed by atoms with van der Waals surface area (Å²) >= 11 is 7.36. The number of rotatable bonds is 9. The van der Waals surface area contributed by atoms with Gasteiger partial charge < -0.3 is 14.3 Å². The lowest BCUT2D eigenvalue weighted by Gasteiger charge is -2.38. The van der Waals surface area contributed by atoms with Gasteiger partial charge in [0, 0.05) is 18.2 Å². The Bertz CT molecular complexity index is 1170. The molecule has 0 bridgehead atoms. The van der Waals surface area contributed by atoms with E-state index in [4.69, 9.17) is 25.5 Å². The second kappa shape index (κ2) is 12.1. The number of H-pyrrole nitrogens is 1. The maximum absolute atomic E-state index is 12.6. The van der Waals surface area contributed by atoms with Crippen molar-refractivity contribution >= 4 is 37.6 Å². The molecule has 0 aromatic carbocycles. The third-order valence-electron chi connectivity index (χ3n) is 8.45. The van der Waals surface area contributed by atoms with Crippen LogP contribution in [0.1, 0.15) is 72.1 Å². The fourth-order valence-corrected chi connectivity index (χ4v) is 10.8. The van der Waals surface area contributed by atoms with E-state index < -0.39 is 48.9 Å². The van der Waals surface area contributed by atoms with E-state index in [1.165, 1.54) is 10.8 Å². The number of aromatic nitrogens is 2. The van der Waals surface area contributed by atoms with Crippen LogP contribution in [-0.2, 0) is 25.5 Å². The fraction of sp³-hybridized carbons (Fsp3) is 0.769. The van der Waals surface area contributed by atoms with Crippen molar-refractivity contribution < 1.29 is 18.8 Å². The quantitative estimate of drug-likeness (QED) is 0.215. The Hall–Kier alpha value is -0.653. The zero-order valence-corrected chi connectivity index (χ0v) is 27.4. The van der Waals surface area contributed by atoms with E-state index in [9.17, 15) is 14.7 Å². The molecule has 1 aromatic rings. The normalized spacial score (nSPS) is 30.9. The average Bonchev–Trinajstić information content (AvgIpc) is 3.18.